The van der Waals surface area contributed by atoms with E-state index in [1.807, 2.05) is 0 Å². The van der Waals surface area contributed by atoms with Crippen LogP contribution >= 0.6 is 0 Å². The van der Waals surface area contributed by atoms with Gasteiger partial charge in [-0.2, -0.15) is 0 Å². The molecule has 0 aromatic heterocycles. The molecular weight excluding hydrogens is 627 g/mol. The number of nitrogens with zero attached hydrogens (tertiary/aromatic N) is 1. The summed E-state index contributed by atoms with van der Waals surface area (Å²) in [6, 6.07) is 69.1. The summed E-state index contributed by atoms with van der Waals surface area (Å²) in [5, 5.41) is 7.75. The Balaban J connectivity index is 1.22. The van der Waals surface area contributed by atoms with E-state index in [2.05, 4.69) is 207 Å². The van der Waals surface area contributed by atoms with Crippen molar-refractivity contribution >= 4 is 49.4 Å². The highest BCUT2D eigenvalue weighted by molar-refractivity contribution is 6.15. The molecule has 52 heavy (non-hydrogen) atoms. The lowest BCUT2D eigenvalue weighted by atomic mass is 9.67. The lowest BCUT2D eigenvalue weighted by Gasteiger charge is -2.38. The van der Waals surface area contributed by atoms with Gasteiger partial charge >= 0.3 is 0 Å². The van der Waals surface area contributed by atoms with E-state index in [-0.39, 0.29) is 5.41 Å². The molecule has 0 aliphatic heterocycles. The van der Waals surface area contributed by atoms with E-state index >= 15 is 0 Å². The van der Waals surface area contributed by atoms with E-state index in [0.717, 1.165) is 11.4 Å². The Morgan fingerprint density at radius 2 is 1.00 bits per heavy atom. The molecule has 0 N–H and O–H groups in total. The summed E-state index contributed by atoms with van der Waals surface area (Å²) in [7, 11) is 0. The maximum absolute atomic E-state index is 2.48. The van der Waals surface area contributed by atoms with E-state index in [1.165, 1.54) is 82.5 Å². The predicted octanol–water partition coefficient (Wildman–Crippen LogP) is 14.3. The Hall–Kier alpha value is -6.44. The van der Waals surface area contributed by atoms with Crippen LogP contribution in [0.15, 0.2) is 188 Å². The smallest absolute Gasteiger partial charge is 0.0546 e. The highest BCUT2D eigenvalue weighted by Crippen LogP contribution is 2.54. The summed E-state index contributed by atoms with van der Waals surface area (Å²) in [6.45, 7) is 4.80. The van der Waals surface area contributed by atoms with Crippen molar-refractivity contribution in [1.29, 1.82) is 0 Å². The number of benzene rings is 9. The number of rotatable bonds is 5. The molecule has 10 rings (SSSR count). The van der Waals surface area contributed by atoms with E-state index in [4.69, 9.17) is 0 Å². The number of para-hydroxylation sites is 1. The Bertz CT molecular complexity index is 2790. The first-order valence-electron chi connectivity index (χ1n) is 18.2. The van der Waals surface area contributed by atoms with Gasteiger partial charge in [0, 0.05) is 22.4 Å². The minimum absolute atomic E-state index is 0.210. The molecule has 1 aliphatic rings. The number of fused-ring (bicyclic) bond motifs is 5. The molecule has 1 heteroatoms. The topological polar surface area (TPSA) is 3.24 Å². The lowest BCUT2D eigenvalue weighted by molar-refractivity contribution is 0.645. The van der Waals surface area contributed by atoms with Crippen molar-refractivity contribution in [2.75, 3.05) is 4.90 Å². The van der Waals surface area contributed by atoms with Crippen LogP contribution in [0.2, 0.25) is 0 Å². The van der Waals surface area contributed by atoms with E-state index in [1.54, 1.807) is 0 Å². The van der Waals surface area contributed by atoms with Gasteiger partial charge in [-0.3, -0.25) is 0 Å². The van der Waals surface area contributed by atoms with Gasteiger partial charge in [-0.15, -0.1) is 0 Å². The fraction of sp³-hybridized carbons (Fsp3) is 0.0588. The van der Waals surface area contributed by atoms with Gasteiger partial charge in [-0.1, -0.05) is 159 Å². The van der Waals surface area contributed by atoms with Crippen molar-refractivity contribution in [3.63, 3.8) is 0 Å². The quantitative estimate of drug-likeness (QED) is 0.166. The molecule has 0 heterocycles. The highest BCUT2D eigenvalue weighted by atomic mass is 15.1. The predicted molar refractivity (Wildman–Crippen MR) is 222 cm³/mol. The molecular formula is C51H37N. The zero-order valence-corrected chi connectivity index (χ0v) is 29.3. The standard InChI is InChI=1S/C51H37N/c1-51(2)46-23-13-17-36-27-31-48(52(39-18-7-4-8-19-39)40-28-24-35(25-29-40)34-14-5-3-6-15-34)50(49(36)46)44-30-26-38(33-47(44)51)45-32-37-16-9-10-20-41(37)42-21-11-12-22-43(42)45/h3-33H,1-2H3. The van der Waals surface area contributed by atoms with Gasteiger partial charge in [-0.25, -0.2) is 0 Å². The molecule has 0 fully saturated rings. The van der Waals surface area contributed by atoms with Crippen LogP contribution < -0.4 is 4.90 Å². The molecule has 1 nitrogen and oxygen atoms in total. The number of hydrogen-bond acceptors (Lipinski definition) is 1. The fourth-order valence-corrected chi connectivity index (χ4v) is 8.67. The summed E-state index contributed by atoms with van der Waals surface area (Å²) < 4.78 is 0. The summed E-state index contributed by atoms with van der Waals surface area (Å²) in [4.78, 5) is 2.44. The van der Waals surface area contributed by atoms with Crippen LogP contribution in [0.3, 0.4) is 0 Å². The molecule has 246 valence electrons. The van der Waals surface area contributed by atoms with Crippen molar-refractivity contribution < 1.29 is 0 Å². The molecule has 0 spiro atoms. The van der Waals surface area contributed by atoms with Crippen molar-refractivity contribution in [2.45, 2.75) is 19.3 Å². The number of hydrogen-bond donors (Lipinski definition) is 0. The molecule has 9 aromatic carbocycles. The zero-order chi connectivity index (χ0) is 34.8. The van der Waals surface area contributed by atoms with Crippen LogP contribution in [0, 0.1) is 0 Å². The van der Waals surface area contributed by atoms with Crippen LogP contribution in [0.5, 0.6) is 0 Å². The second kappa shape index (κ2) is 11.8. The number of anilines is 3. The first-order valence-corrected chi connectivity index (χ1v) is 18.2. The largest absolute Gasteiger partial charge is 0.310 e. The Morgan fingerprint density at radius 1 is 0.385 bits per heavy atom. The average molecular weight is 664 g/mol. The minimum atomic E-state index is -0.210. The van der Waals surface area contributed by atoms with E-state index < -0.39 is 0 Å². The fourth-order valence-electron chi connectivity index (χ4n) is 8.67. The van der Waals surface area contributed by atoms with Gasteiger partial charge in [0.15, 0.2) is 0 Å². The third kappa shape index (κ3) is 4.70. The minimum Gasteiger partial charge on any atom is -0.310 e. The summed E-state index contributed by atoms with van der Waals surface area (Å²) in [5.41, 5.74) is 13.5. The normalized spacial score (nSPS) is 13.0. The third-order valence-corrected chi connectivity index (χ3v) is 11.2. The summed E-state index contributed by atoms with van der Waals surface area (Å²) >= 11 is 0. The zero-order valence-electron chi connectivity index (χ0n) is 29.3. The molecule has 0 saturated carbocycles. The lowest BCUT2D eigenvalue weighted by Crippen LogP contribution is -2.24. The second-order valence-electron chi connectivity index (χ2n) is 14.5. The second-order valence-corrected chi connectivity index (χ2v) is 14.5. The van der Waals surface area contributed by atoms with Crippen molar-refractivity contribution in [3.8, 4) is 33.4 Å². The van der Waals surface area contributed by atoms with Crippen LogP contribution in [0.1, 0.15) is 25.0 Å². The molecule has 0 amide bonds. The molecule has 1 aliphatic carbocycles. The van der Waals surface area contributed by atoms with Gasteiger partial charge in [0.25, 0.3) is 0 Å². The van der Waals surface area contributed by atoms with Gasteiger partial charge in [0.05, 0.1) is 5.69 Å². The van der Waals surface area contributed by atoms with Gasteiger partial charge in [0.1, 0.15) is 0 Å². The highest BCUT2D eigenvalue weighted by Gasteiger charge is 2.36. The Labute approximate surface area is 305 Å². The average Bonchev–Trinajstić information content (AvgIpc) is 3.21. The first-order chi connectivity index (χ1) is 25.6. The maximum atomic E-state index is 2.48. The molecule has 0 bridgehead atoms. The van der Waals surface area contributed by atoms with Crippen molar-refractivity contribution in [3.05, 3.63) is 199 Å². The summed E-state index contributed by atoms with van der Waals surface area (Å²) in [6.07, 6.45) is 0. The van der Waals surface area contributed by atoms with Gasteiger partial charge in [0.2, 0.25) is 0 Å². The van der Waals surface area contributed by atoms with E-state index in [9.17, 15) is 0 Å². The molecule has 0 unspecified atom stereocenters. The third-order valence-electron chi connectivity index (χ3n) is 11.2. The van der Waals surface area contributed by atoms with Gasteiger partial charge in [-0.05, 0) is 114 Å². The first kappa shape index (κ1) is 30.4. The molecule has 9 aromatic rings. The van der Waals surface area contributed by atoms with Crippen LogP contribution in [0.4, 0.5) is 17.1 Å². The van der Waals surface area contributed by atoms with Crippen molar-refractivity contribution in [2.24, 2.45) is 0 Å². The molecule has 0 atom stereocenters. The monoisotopic (exact) mass is 663 g/mol. The van der Waals surface area contributed by atoms with Crippen LogP contribution in [-0.4, -0.2) is 0 Å². The Kier molecular flexibility index (Phi) is 6.91. The molecule has 0 radical (unpaired) electrons. The molecule has 0 saturated heterocycles. The van der Waals surface area contributed by atoms with Gasteiger partial charge < -0.3 is 4.90 Å². The maximum Gasteiger partial charge on any atom is 0.0546 e. The Morgan fingerprint density at radius 3 is 1.79 bits per heavy atom. The van der Waals surface area contributed by atoms with Crippen LogP contribution in [0.25, 0.3) is 65.7 Å². The van der Waals surface area contributed by atoms with Crippen LogP contribution in [-0.2, 0) is 5.41 Å². The van der Waals surface area contributed by atoms with Crippen molar-refractivity contribution in [1.82, 2.24) is 0 Å². The van der Waals surface area contributed by atoms with E-state index in [0.29, 0.717) is 0 Å². The summed E-state index contributed by atoms with van der Waals surface area (Å²) in [5.74, 6) is 0. The SMILES string of the molecule is CC1(C)c2cc(-c3cc4ccccc4c4ccccc34)ccc2-c2c(N(c3ccccc3)c3ccc(-c4ccccc4)cc3)ccc3cccc1c23.